The predicted molar refractivity (Wildman–Crippen MR) is 81.6 cm³/mol. The largest absolute Gasteiger partial charge is 0.444 e. The van der Waals surface area contributed by atoms with Gasteiger partial charge in [-0.2, -0.15) is 0 Å². The summed E-state index contributed by atoms with van der Waals surface area (Å²) in [5.74, 6) is 0.797. The lowest BCUT2D eigenvalue weighted by Crippen LogP contribution is -2.42. The van der Waals surface area contributed by atoms with Crippen molar-refractivity contribution in [1.29, 1.82) is 0 Å². The molecule has 5 heteroatoms. The van der Waals surface area contributed by atoms with E-state index in [1.807, 2.05) is 50.2 Å². The maximum atomic E-state index is 12.1. The molecule has 0 radical (unpaired) electrons. The van der Waals surface area contributed by atoms with Crippen LogP contribution >= 0.6 is 0 Å². The highest BCUT2D eigenvalue weighted by Crippen LogP contribution is 2.18. The summed E-state index contributed by atoms with van der Waals surface area (Å²) in [6, 6.07) is 7.80. The number of aromatic nitrogens is 1. The van der Waals surface area contributed by atoms with E-state index in [2.05, 4.69) is 10.3 Å². The van der Waals surface area contributed by atoms with Crippen molar-refractivity contribution in [2.24, 2.45) is 0 Å². The molecule has 112 valence electrons. The van der Waals surface area contributed by atoms with E-state index in [-0.39, 0.29) is 11.9 Å². The number of nitrogens with zero attached hydrogens (tertiary/aromatic N) is 2. The zero-order chi connectivity index (χ0) is 15.2. The first-order valence-corrected chi connectivity index (χ1v) is 7.03. The molecule has 0 aliphatic heterocycles. The van der Waals surface area contributed by atoms with Crippen molar-refractivity contribution in [3.05, 3.63) is 42.4 Å². The van der Waals surface area contributed by atoms with Crippen molar-refractivity contribution >= 4 is 5.91 Å². The third-order valence-corrected chi connectivity index (χ3v) is 3.45. The molecule has 1 amide bonds. The first-order valence-electron chi connectivity index (χ1n) is 7.03. The summed E-state index contributed by atoms with van der Waals surface area (Å²) in [6.45, 7) is 2.54. The van der Waals surface area contributed by atoms with Crippen LogP contribution in [0.2, 0.25) is 0 Å². The van der Waals surface area contributed by atoms with E-state index in [1.54, 1.807) is 6.20 Å². The van der Waals surface area contributed by atoms with Crippen LogP contribution < -0.4 is 5.32 Å². The molecule has 1 N–H and O–H groups in total. The quantitative estimate of drug-likeness (QED) is 0.885. The Hall–Kier alpha value is -2.14. The number of rotatable bonds is 6. The third kappa shape index (κ3) is 3.92. The van der Waals surface area contributed by atoms with E-state index in [9.17, 15) is 4.79 Å². The summed E-state index contributed by atoms with van der Waals surface area (Å²) in [5, 5.41) is 2.97. The minimum absolute atomic E-state index is 0.0572. The number of hydrogen-bond acceptors (Lipinski definition) is 4. The number of likely N-dealkylation sites (N-methyl/N-ethyl adjacent to an activating group) is 1. The second kappa shape index (κ2) is 7.04. The molecule has 21 heavy (non-hydrogen) atoms. The highest BCUT2D eigenvalue weighted by atomic mass is 16.3. The average molecular weight is 287 g/mol. The zero-order valence-electron chi connectivity index (χ0n) is 12.7. The van der Waals surface area contributed by atoms with Gasteiger partial charge in [-0.3, -0.25) is 9.69 Å². The number of amides is 1. The van der Waals surface area contributed by atoms with Gasteiger partial charge in [-0.15, -0.1) is 0 Å². The molecule has 0 spiro atoms. The summed E-state index contributed by atoms with van der Waals surface area (Å²) >= 11 is 0. The van der Waals surface area contributed by atoms with E-state index in [0.717, 1.165) is 23.3 Å². The Bertz CT molecular complexity index is 562. The van der Waals surface area contributed by atoms with Crippen LogP contribution in [0.5, 0.6) is 0 Å². The Morgan fingerprint density at radius 3 is 2.57 bits per heavy atom. The minimum Gasteiger partial charge on any atom is -0.444 e. The van der Waals surface area contributed by atoms with Crippen LogP contribution in [0.15, 0.2) is 41.3 Å². The highest BCUT2D eigenvalue weighted by Gasteiger charge is 2.17. The molecule has 0 bridgehead atoms. The molecule has 1 aromatic carbocycles. The SMILES string of the molecule is CC[C@@H](C(=O)NCc1ccc(-c2cnco2)cc1)N(C)C. The molecular formula is C16H21N3O2. The summed E-state index contributed by atoms with van der Waals surface area (Å²) in [7, 11) is 3.83. The van der Waals surface area contributed by atoms with Gasteiger partial charge in [0.25, 0.3) is 0 Å². The molecule has 1 heterocycles. The molecule has 2 rings (SSSR count). The number of oxazole rings is 1. The summed E-state index contributed by atoms with van der Waals surface area (Å²) in [6.07, 6.45) is 3.89. The fourth-order valence-corrected chi connectivity index (χ4v) is 2.24. The number of carbonyl (C=O) groups excluding carboxylic acids is 1. The topological polar surface area (TPSA) is 58.4 Å². The number of hydrogen-bond donors (Lipinski definition) is 1. The highest BCUT2D eigenvalue weighted by molar-refractivity contribution is 5.81. The second-order valence-electron chi connectivity index (χ2n) is 5.17. The smallest absolute Gasteiger partial charge is 0.237 e. The first-order chi connectivity index (χ1) is 10.1. The van der Waals surface area contributed by atoms with Gasteiger partial charge in [0, 0.05) is 12.1 Å². The third-order valence-electron chi connectivity index (χ3n) is 3.45. The summed E-state index contributed by atoms with van der Waals surface area (Å²) in [4.78, 5) is 17.9. The fourth-order valence-electron chi connectivity index (χ4n) is 2.24. The van der Waals surface area contributed by atoms with Gasteiger partial charge in [-0.25, -0.2) is 4.98 Å². The number of benzene rings is 1. The molecule has 0 saturated carbocycles. The van der Waals surface area contributed by atoms with E-state index in [0.29, 0.717) is 6.54 Å². The molecule has 0 saturated heterocycles. The molecule has 0 aliphatic carbocycles. The number of carbonyl (C=O) groups is 1. The van der Waals surface area contributed by atoms with Crippen LogP contribution in [0.1, 0.15) is 18.9 Å². The maximum absolute atomic E-state index is 12.1. The van der Waals surface area contributed by atoms with Gasteiger partial charge in [-0.05, 0) is 26.1 Å². The van der Waals surface area contributed by atoms with E-state index >= 15 is 0 Å². The van der Waals surface area contributed by atoms with Crippen LogP contribution in [0, 0.1) is 0 Å². The van der Waals surface area contributed by atoms with Gasteiger partial charge in [0.15, 0.2) is 12.2 Å². The van der Waals surface area contributed by atoms with Crippen molar-refractivity contribution in [1.82, 2.24) is 15.2 Å². The Morgan fingerprint density at radius 2 is 2.05 bits per heavy atom. The molecule has 0 aliphatic rings. The van der Waals surface area contributed by atoms with Crippen LogP contribution in [-0.4, -0.2) is 35.9 Å². The predicted octanol–water partition coefficient (Wildman–Crippen LogP) is 2.30. The van der Waals surface area contributed by atoms with Crippen molar-refractivity contribution in [2.45, 2.75) is 25.9 Å². The maximum Gasteiger partial charge on any atom is 0.237 e. The Labute approximate surface area is 125 Å². The normalized spacial score (nSPS) is 12.4. The van der Waals surface area contributed by atoms with Gasteiger partial charge in [-0.1, -0.05) is 31.2 Å². The standard InChI is InChI=1S/C16H21N3O2/c1-4-14(19(2)3)16(20)18-9-12-5-7-13(8-6-12)15-10-17-11-21-15/h5-8,10-11,14H,4,9H2,1-3H3,(H,18,20)/t14-/m0/s1. The summed E-state index contributed by atoms with van der Waals surface area (Å²) < 4.78 is 5.24. The van der Waals surface area contributed by atoms with E-state index in [4.69, 9.17) is 4.42 Å². The minimum atomic E-state index is -0.0848. The lowest BCUT2D eigenvalue weighted by Gasteiger charge is -2.21. The average Bonchev–Trinajstić information content (AvgIpc) is 3.00. The molecule has 1 aromatic heterocycles. The van der Waals surface area contributed by atoms with Crippen molar-refractivity contribution in [3.63, 3.8) is 0 Å². The lowest BCUT2D eigenvalue weighted by molar-refractivity contribution is -0.125. The lowest BCUT2D eigenvalue weighted by atomic mass is 10.1. The van der Waals surface area contributed by atoms with Crippen LogP contribution in [0.3, 0.4) is 0 Å². The Kier molecular flexibility index (Phi) is 5.11. The van der Waals surface area contributed by atoms with Gasteiger partial charge >= 0.3 is 0 Å². The molecule has 5 nitrogen and oxygen atoms in total. The Morgan fingerprint density at radius 1 is 1.33 bits per heavy atom. The van der Waals surface area contributed by atoms with Gasteiger partial charge < -0.3 is 9.73 Å². The monoisotopic (exact) mass is 287 g/mol. The van der Waals surface area contributed by atoms with E-state index in [1.165, 1.54) is 6.39 Å². The molecule has 2 aromatic rings. The zero-order valence-corrected chi connectivity index (χ0v) is 12.7. The van der Waals surface area contributed by atoms with Crippen molar-refractivity contribution < 1.29 is 9.21 Å². The molecule has 0 fully saturated rings. The van der Waals surface area contributed by atoms with Crippen molar-refractivity contribution in [3.8, 4) is 11.3 Å². The van der Waals surface area contributed by atoms with Crippen molar-refractivity contribution in [2.75, 3.05) is 14.1 Å². The first kappa shape index (κ1) is 15.3. The molecular weight excluding hydrogens is 266 g/mol. The van der Waals surface area contributed by atoms with Crippen LogP contribution in [-0.2, 0) is 11.3 Å². The van der Waals surface area contributed by atoms with Gasteiger partial charge in [0.2, 0.25) is 5.91 Å². The van der Waals surface area contributed by atoms with Gasteiger partial charge in [0.1, 0.15) is 0 Å². The van der Waals surface area contributed by atoms with Crippen LogP contribution in [0.25, 0.3) is 11.3 Å². The second-order valence-corrected chi connectivity index (χ2v) is 5.17. The van der Waals surface area contributed by atoms with E-state index < -0.39 is 0 Å². The molecule has 0 unspecified atom stereocenters. The summed E-state index contributed by atoms with van der Waals surface area (Å²) in [5.41, 5.74) is 2.03. The van der Waals surface area contributed by atoms with Crippen LogP contribution in [0.4, 0.5) is 0 Å². The fraction of sp³-hybridized carbons (Fsp3) is 0.375. The molecule has 1 atom stereocenters. The Balaban J connectivity index is 1.93. The number of nitrogens with one attached hydrogen (secondary N) is 1. The van der Waals surface area contributed by atoms with Gasteiger partial charge in [0.05, 0.1) is 12.2 Å².